The topological polar surface area (TPSA) is 55.8 Å². The second-order valence-corrected chi connectivity index (χ2v) is 4.51. The highest BCUT2D eigenvalue weighted by molar-refractivity contribution is 5.77. The van der Waals surface area contributed by atoms with Gasteiger partial charge in [-0.25, -0.2) is 0 Å². The molecule has 0 heterocycles. The van der Waals surface area contributed by atoms with Gasteiger partial charge in [-0.3, -0.25) is 9.59 Å². The van der Waals surface area contributed by atoms with Crippen molar-refractivity contribution < 1.29 is 19.1 Å². The van der Waals surface area contributed by atoms with Gasteiger partial charge in [0.15, 0.2) is 0 Å². The van der Waals surface area contributed by atoms with Crippen LogP contribution in [0, 0.1) is 6.92 Å². The Bertz CT molecular complexity index is 459. The lowest BCUT2D eigenvalue weighted by molar-refractivity contribution is -0.141. The summed E-state index contributed by atoms with van der Waals surface area (Å²) in [6.45, 7) is 2.64. The third-order valence-electron chi connectivity index (χ3n) is 2.97. The van der Waals surface area contributed by atoms with E-state index in [1.807, 2.05) is 31.2 Å². The van der Waals surface area contributed by atoms with Crippen molar-refractivity contribution >= 4 is 11.9 Å². The number of amides is 1. The number of hydrogen-bond acceptors (Lipinski definition) is 4. The summed E-state index contributed by atoms with van der Waals surface area (Å²) in [5, 5.41) is 0. The minimum atomic E-state index is -0.319. The van der Waals surface area contributed by atoms with Gasteiger partial charge in [-0.2, -0.15) is 0 Å². The molecular weight excluding hydrogens is 258 g/mol. The van der Waals surface area contributed by atoms with Crippen molar-refractivity contribution in [3.63, 3.8) is 0 Å². The number of benzene rings is 1. The summed E-state index contributed by atoms with van der Waals surface area (Å²) in [4.78, 5) is 24.3. The second kappa shape index (κ2) is 8.19. The van der Waals surface area contributed by atoms with Gasteiger partial charge in [-0.15, -0.1) is 0 Å². The van der Waals surface area contributed by atoms with Crippen molar-refractivity contribution in [3.8, 4) is 5.75 Å². The zero-order chi connectivity index (χ0) is 15.0. The molecule has 0 saturated heterocycles. The van der Waals surface area contributed by atoms with E-state index in [0.29, 0.717) is 13.2 Å². The molecule has 0 radical (unpaired) electrons. The summed E-state index contributed by atoms with van der Waals surface area (Å²) < 4.78 is 10.1. The first-order valence-electron chi connectivity index (χ1n) is 6.53. The zero-order valence-electron chi connectivity index (χ0n) is 12.2. The van der Waals surface area contributed by atoms with Crippen LogP contribution >= 0.6 is 0 Å². The highest BCUT2D eigenvalue weighted by atomic mass is 16.5. The fourth-order valence-electron chi connectivity index (χ4n) is 1.64. The molecule has 110 valence electrons. The van der Waals surface area contributed by atoms with Crippen molar-refractivity contribution in [3.05, 3.63) is 29.8 Å². The van der Waals surface area contributed by atoms with E-state index >= 15 is 0 Å². The minimum Gasteiger partial charge on any atom is -0.493 e. The van der Waals surface area contributed by atoms with Crippen LogP contribution in [0.15, 0.2) is 24.3 Å². The molecule has 0 unspecified atom stereocenters. The van der Waals surface area contributed by atoms with Crippen molar-refractivity contribution in [2.24, 2.45) is 0 Å². The Morgan fingerprint density at radius 2 is 1.90 bits per heavy atom. The van der Waals surface area contributed by atoms with Crippen LogP contribution < -0.4 is 4.74 Å². The van der Waals surface area contributed by atoms with Crippen LogP contribution in [0.2, 0.25) is 0 Å². The van der Waals surface area contributed by atoms with Gasteiger partial charge in [-0.05, 0) is 18.6 Å². The number of rotatable bonds is 7. The molecular formula is C15H21NO4. The number of para-hydroxylation sites is 1. The number of nitrogens with zero attached hydrogens (tertiary/aromatic N) is 1. The van der Waals surface area contributed by atoms with E-state index in [2.05, 4.69) is 4.74 Å². The van der Waals surface area contributed by atoms with E-state index < -0.39 is 0 Å². The van der Waals surface area contributed by atoms with E-state index in [1.165, 1.54) is 12.0 Å². The lowest BCUT2D eigenvalue weighted by Crippen LogP contribution is -2.30. The Morgan fingerprint density at radius 1 is 1.20 bits per heavy atom. The maximum atomic E-state index is 11.8. The summed E-state index contributed by atoms with van der Waals surface area (Å²) in [5.74, 6) is 0.417. The Balaban J connectivity index is 2.29. The molecule has 0 atom stereocenters. The van der Waals surface area contributed by atoms with Crippen LogP contribution in [0.5, 0.6) is 5.75 Å². The maximum absolute atomic E-state index is 11.8. The highest BCUT2D eigenvalue weighted by Crippen LogP contribution is 2.16. The first-order chi connectivity index (χ1) is 9.54. The van der Waals surface area contributed by atoms with Crippen LogP contribution in [0.4, 0.5) is 0 Å². The molecule has 0 aliphatic heterocycles. The van der Waals surface area contributed by atoms with E-state index in [9.17, 15) is 9.59 Å². The number of methoxy groups -OCH3 is 1. The summed E-state index contributed by atoms with van der Waals surface area (Å²) in [6, 6.07) is 7.67. The Morgan fingerprint density at radius 3 is 2.55 bits per heavy atom. The first-order valence-corrected chi connectivity index (χ1v) is 6.53. The van der Waals surface area contributed by atoms with Gasteiger partial charge in [0.1, 0.15) is 5.75 Å². The molecule has 5 heteroatoms. The summed E-state index contributed by atoms with van der Waals surface area (Å²) in [6.07, 6.45) is 0.489. The molecule has 0 N–H and O–H groups in total. The van der Waals surface area contributed by atoms with Gasteiger partial charge in [0.25, 0.3) is 0 Å². The van der Waals surface area contributed by atoms with Crippen LogP contribution in [0.3, 0.4) is 0 Å². The first kappa shape index (κ1) is 16.0. The number of carbonyl (C=O) groups is 2. The lowest BCUT2D eigenvalue weighted by atomic mass is 10.2. The number of carbonyl (C=O) groups excluding carboxylic acids is 2. The van der Waals surface area contributed by atoms with Crippen LogP contribution in [-0.4, -0.2) is 44.1 Å². The average molecular weight is 279 g/mol. The molecule has 0 aliphatic carbocycles. The lowest BCUT2D eigenvalue weighted by Gasteiger charge is -2.16. The van der Waals surface area contributed by atoms with Gasteiger partial charge in [0.05, 0.1) is 26.6 Å². The average Bonchev–Trinajstić information content (AvgIpc) is 2.46. The quantitative estimate of drug-likeness (QED) is 0.714. The molecule has 1 aromatic carbocycles. The second-order valence-electron chi connectivity index (χ2n) is 4.51. The molecule has 0 spiro atoms. The normalized spacial score (nSPS) is 9.95. The number of esters is 1. The molecule has 0 aliphatic rings. The molecule has 20 heavy (non-hydrogen) atoms. The van der Waals surface area contributed by atoms with E-state index in [4.69, 9.17) is 4.74 Å². The maximum Gasteiger partial charge on any atom is 0.307 e. The van der Waals surface area contributed by atoms with Crippen molar-refractivity contribution in [2.45, 2.75) is 19.8 Å². The summed E-state index contributed by atoms with van der Waals surface area (Å²) in [7, 11) is 3.00. The molecule has 1 aromatic rings. The smallest absolute Gasteiger partial charge is 0.307 e. The zero-order valence-corrected chi connectivity index (χ0v) is 12.2. The van der Waals surface area contributed by atoms with E-state index in [0.717, 1.165) is 11.3 Å². The highest BCUT2D eigenvalue weighted by Gasteiger charge is 2.11. The van der Waals surface area contributed by atoms with Gasteiger partial charge >= 0.3 is 5.97 Å². The summed E-state index contributed by atoms with van der Waals surface area (Å²) in [5.41, 5.74) is 1.04. The number of ether oxygens (including phenoxy) is 2. The molecule has 0 saturated carbocycles. The predicted octanol–water partition coefficient (Wildman–Crippen LogP) is 1.79. The molecule has 0 fully saturated rings. The number of aryl methyl sites for hydroxylation is 1. The fraction of sp³-hybridized carbons (Fsp3) is 0.467. The standard InChI is InChI=1S/C15H21NO4/c1-12-6-4-5-7-13(12)20-11-9-14(17)16(2)10-8-15(18)19-3/h4-7H,8-11H2,1-3H3. The summed E-state index contributed by atoms with van der Waals surface area (Å²) >= 11 is 0. The SMILES string of the molecule is COC(=O)CCN(C)C(=O)CCOc1ccccc1C. The Hall–Kier alpha value is -2.04. The fourth-order valence-corrected chi connectivity index (χ4v) is 1.64. The van der Waals surface area contributed by atoms with Gasteiger partial charge < -0.3 is 14.4 Å². The third-order valence-corrected chi connectivity index (χ3v) is 2.97. The van der Waals surface area contributed by atoms with Crippen molar-refractivity contribution in [2.75, 3.05) is 27.3 Å². The molecule has 1 rings (SSSR count). The molecule has 0 aromatic heterocycles. The molecule has 0 bridgehead atoms. The predicted molar refractivity (Wildman–Crippen MR) is 75.6 cm³/mol. The van der Waals surface area contributed by atoms with Crippen LogP contribution in [0.25, 0.3) is 0 Å². The van der Waals surface area contributed by atoms with Gasteiger partial charge in [0, 0.05) is 13.6 Å². The van der Waals surface area contributed by atoms with E-state index in [-0.39, 0.29) is 24.7 Å². The van der Waals surface area contributed by atoms with Crippen LogP contribution in [0.1, 0.15) is 18.4 Å². The molecule has 1 amide bonds. The van der Waals surface area contributed by atoms with Crippen molar-refractivity contribution in [1.82, 2.24) is 4.90 Å². The van der Waals surface area contributed by atoms with Crippen molar-refractivity contribution in [1.29, 1.82) is 0 Å². The Labute approximate surface area is 119 Å². The molecule has 5 nitrogen and oxygen atoms in total. The Kier molecular flexibility index (Phi) is 6.56. The third kappa shape index (κ3) is 5.30. The minimum absolute atomic E-state index is 0.0533. The number of hydrogen-bond donors (Lipinski definition) is 0. The van der Waals surface area contributed by atoms with Crippen LogP contribution in [-0.2, 0) is 14.3 Å². The van der Waals surface area contributed by atoms with E-state index in [1.54, 1.807) is 7.05 Å². The van der Waals surface area contributed by atoms with Gasteiger partial charge in [-0.1, -0.05) is 18.2 Å². The largest absolute Gasteiger partial charge is 0.493 e. The monoisotopic (exact) mass is 279 g/mol. The van der Waals surface area contributed by atoms with Gasteiger partial charge in [0.2, 0.25) is 5.91 Å².